The van der Waals surface area contributed by atoms with E-state index in [-0.39, 0.29) is 0 Å². The van der Waals surface area contributed by atoms with Gasteiger partial charge in [-0.3, -0.25) is 9.97 Å². The number of hydrogen-bond donors (Lipinski definition) is 1. The van der Waals surface area contributed by atoms with Crippen molar-refractivity contribution in [1.82, 2.24) is 15.3 Å². The molecule has 1 aromatic carbocycles. The Kier molecular flexibility index (Phi) is 3.62. The molecule has 18 heavy (non-hydrogen) atoms. The highest BCUT2D eigenvalue weighted by molar-refractivity contribution is 5.32. The van der Waals surface area contributed by atoms with Crippen LogP contribution in [0.3, 0.4) is 0 Å². The number of nitrogens with one attached hydrogen (secondary N) is 1. The van der Waals surface area contributed by atoms with Gasteiger partial charge in [-0.2, -0.15) is 0 Å². The first-order chi connectivity index (χ1) is 8.63. The van der Waals surface area contributed by atoms with Crippen molar-refractivity contribution < 1.29 is 8.78 Å². The average Bonchev–Trinajstić information content (AvgIpc) is 2.38. The van der Waals surface area contributed by atoms with Gasteiger partial charge >= 0.3 is 0 Å². The molecule has 1 N–H and O–H groups in total. The second-order valence-electron chi connectivity index (χ2n) is 3.97. The lowest BCUT2D eigenvalue weighted by Gasteiger charge is -2.17. The SMILES string of the molecule is CNC(c1cnccn1)c1cc(C)c(F)cc1F. The molecular weight excluding hydrogens is 236 g/mol. The van der Waals surface area contributed by atoms with Gasteiger partial charge in [0, 0.05) is 24.0 Å². The molecule has 94 valence electrons. The average molecular weight is 249 g/mol. The minimum atomic E-state index is -0.594. The predicted molar refractivity (Wildman–Crippen MR) is 64.0 cm³/mol. The summed E-state index contributed by atoms with van der Waals surface area (Å²) in [7, 11) is 1.69. The van der Waals surface area contributed by atoms with Crippen molar-refractivity contribution in [2.75, 3.05) is 7.05 Å². The number of aryl methyl sites for hydroxylation is 1. The predicted octanol–water partition coefficient (Wildman–Crippen LogP) is 2.37. The first kappa shape index (κ1) is 12.6. The summed E-state index contributed by atoms with van der Waals surface area (Å²) in [5, 5.41) is 2.96. The molecule has 0 saturated carbocycles. The third kappa shape index (κ3) is 2.36. The van der Waals surface area contributed by atoms with Crippen molar-refractivity contribution in [3.05, 3.63) is 59.2 Å². The summed E-state index contributed by atoms with van der Waals surface area (Å²) in [5.74, 6) is -1.15. The van der Waals surface area contributed by atoms with Crippen LogP contribution in [-0.2, 0) is 0 Å². The molecule has 0 aliphatic carbocycles. The maximum Gasteiger partial charge on any atom is 0.131 e. The zero-order valence-electron chi connectivity index (χ0n) is 10.1. The van der Waals surface area contributed by atoms with Gasteiger partial charge in [-0.15, -0.1) is 0 Å². The highest BCUT2D eigenvalue weighted by Crippen LogP contribution is 2.24. The lowest BCUT2D eigenvalue weighted by molar-refractivity contribution is 0.543. The molecule has 0 radical (unpaired) electrons. The van der Waals surface area contributed by atoms with Crippen LogP contribution in [0.2, 0.25) is 0 Å². The zero-order valence-corrected chi connectivity index (χ0v) is 10.1. The Morgan fingerprint density at radius 2 is 1.94 bits per heavy atom. The molecule has 0 fully saturated rings. The van der Waals surface area contributed by atoms with Crippen molar-refractivity contribution >= 4 is 0 Å². The van der Waals surface area contributed by atoms with Gasteiger partial charge in [-0.05, 0) is 25.6 Å². The first-order valence-corrected chi connectivity index (χ1v) is 5.52. The van der Waals surface area contributed by atoms with E-state index < -0.39 is 17.7 Å². The Morgan fingerprint density at radius 3 is 2.56 bits per heavy atom. The van der Waals surface area contributed by atoms with Crippen LogP contribution in [0.1, 0.15) is 22.9 Å². The van der Waals surface area contributed by atoms with E-state index in [0.29, 0.717) is 16.8 Å². The summed E-state index contributed by atoms with van der Waals surface area (Å²) in [6.45, 7) is 1.60. The fourth-order valence-corrected chi connectivity index (χ4v) is 1.82. The number of aromatic nitrogens is 2. The van der Waals surface area contributed by atoms with Crippen LogP contribution in [0.25, 0.3) is 0 Å². The van der Waals surface area contributed by atoms with E-state index >= 15 is 0 Å². The molecule has 5 heteroatoms. The maximum absolute atomic E-state index is 13.8. The minimum Gasteiger partial charge on any atom is -0.308 e. The number of benzene rings is 1. The first-order valence-electron chi connectivity index (χ1n) is 5.52. The molecule has 1 unspecified atom stereocenters. The Labute approximate surface area is 104 Å². The number of rotatable bonds is 3. The summed E-state index contributed by atoms with van der Waals surface area (Å²) in [5.41, 5.74) is 1.34. The largest absolute Gasteiger partial charge is 0.308 e. The van der Waals surface area contributed by atoms with E-state index in [9.17, 15) is 8.78 Å². The lowest BCUT2D eigenvalue weighted by atomic mass is 10.0. The summed E-state index contributed by atoms with van der Waals surface area (Å²) in [4.78, 5) is 8.08. The lowest BCUT2D eigenvalue weighted by Crippen LogP contribution is -2.20. The highest BCUT2D eigenvalue weighted by atomic mass is 19.1. The molecule has 0 amide bonds. The molecule has 0 bridgehead atoms. The molecular formula is C13H13F2N3. The van der Waals surface area contributed by atoms with E-state index in [2.05, 4.69) is 15.3 Å². The smallest absolute Gasteiger partial charge is 0.131 e. The summed E-state index contributed by atoms with van der Waals surface area (Å²) in [6, 6.07) is 1.93. The van der Waals surface area contributed by atoms with Crippen LogP contribution >= 0.6 is 0 Å². The van der Waals surface area contributed by atoms with Gasteiger partial charge in [0.15, 0.2) is 0 Å². The van der Waals surface area contributed by atoms with Gasteiger partial charge in [0.1, 0.15) is 11.6 Å². The molecule has 0 spiro atoms. The molecule has 0 aliphatic heterocycles. The standard InChI is InChI=1S/C13H13F2N3/c1-8-5-9(11(15)6-10(8)14)13(16-2)12-7-17-3-4-18-12/h3-7,13,16H,1-2H3. The maximum atomic E-state index is 13.8. The molecule has 0 aliphatic rings. The molecule has 2 aromatic rings. The topological polar surface area (TPSA) is 37.8 Å². The molecule has 1 aromatic heterocycles. The van der Waals surface area contributed by atoms with Crippen LogP contribution in [-0.4, -0.2) is 17.0 Å². The number of halogens is 2. The molecule has 1 atom stereocenters. The van der Waals surface area contributed by atoms with E-state index in [0.717, 1.165) is 6.07 Å². The van der Waals surface area contributed by atoms with Crippen LogP contribution in [0, 0.1) is 18.6 Å². The molecule has 0 saturated heterocycles. The summed E-state index contributed by atoms with van der Waals surface area (Å²) >= 11 is 0. The van der Waals surface area contributed by atoms with Crippen molar-refractivity contribution in [2.45, 2.75) is 13.0 Å². The Bertz CT molecular complexity index is 543. The Balaban J connectivity index is 2.49. The van der Waals surface area contributed by atoms with E-state index in [4.69, 9.17) is 0 Å². The van der Waals surface area contributed by atoms with Crippen LogP contribution in [0.5, 0.6) is 0 Å². The molecule has 1 heterocycles. The highest BCUT2D eigenvalue weighted by Gasteiger charge is 2.19. The van der Waals surface area contributed by atoms with Crippen molar-refractivity contribution in [3.63, 3.8) is 0 Å². The van der Waals surface area contributed by atoms with Gasteiger partial charge in [-0.1, -0.05) is 0 Å². The third-order valence-electron chi connectivity index (χ3n) is 2.76. The van der Waals surface area contributed by atoms with Crippen LogP contribution in [0.4, 0.5) is 8.78 Å². The monoisotopic (exact) mass is 249 g/mol. The van der Waals surface area contributed by atoms with Crippen molar-refractivity contribution in [1.29, 1.82) is 0 Å². The zero-order chi connectivity index (χ0) is 13.1. The molecule has 3 nitrogen and oxygen atoms in total. The fraction of sp³-hybridized carbons (Fsp3) is 0.231. The van der Waals surface area contributed by atoms with E-state index in [1.54, 1.807) is 26.4 Å². The second-order valence-corrected chi connectivity index (χ2v) is 3.97. The normalized spacial score (nSPS) is 12.4. The van der Waals surface area contributed by atoms with Crippen molar-refractivity contribution in [2.24, 2.45) is 0 Å². The van der Waals surface area contributed by atoms with E-state index in [1.807, 2.05) is 0 Å². The van der Waals surface area contributed by atoms with Gasteiger partial charge in [-0.25, -0.2) is 8.78 Å². The molecule has 2 rings (SSSR count). The summed E-state index contributed by atoms with van der Waals surface area (Å²) < 4.78 is 27.1. The van der Waals surface area contributed by atoms with Crippen LogP contribution < -0.4 is 5.32 Å². The number of nitrogens with zero attached hydrogens (tertiary/aromatic N) is 2. The van der Waals surface area contributed by atoms with E-state index in [1.165, 1.54) is 12.3 Å². The fourth-order valence-electron chi connectivity index (χ4n) is 1.82. The van der Waals surface area contributed by atoms with Gasteiger partial charge < -0.3 is 5.32 Å². The third-order valence-corrected chi connectivity index (χ3v) is 2.76. The Morgan fingerprint density at radius 1 is 1.17 bits per heavy atom. The second kappa shape index (κ2) is 5.18. The van der Waals surface area contributed by atoms with Crippen LogP contribution in [0.15, 0.2) is 30.7 Å². The quantitative estimate of drug-likeness (QED) is 0.907. The van der Waals surface area contributed by atoms with Gasteiger partial charge in [0.25, 0.3) is 0 Å². The van der Waals surface area contributed by atoms with Gasteiger partial charge in [0.2, 0.25) is 0 Å². The van der Waals surface area contributed by atoms with Crippen molar-refractivity contribution in [3.8, 4) is 0 Å². The van der Waals surface area contributed by atoms with Gasteiger partial charge in [0.05, 0.1) is 17.9 Å². The Hall–Kier alpha value is -1.88. The number of hydrogen-bond acceptors (Lipinski definition) is 3. The minimum absolute atomic E-state index is 0.358. The summed E-state index contributed by atoms with van der Waals surface area (Å²) in [6.07, 6.45) is 4.63.